The van der Waals surface area contributed by atoms with Crippen molar-refractivity contribution in [2.24, 2.45) is 7.05 Å². The highest BCUT2D eigenvalue weighted by atomic mass is 16.3. The van der Waals surface area contributed by atoms with Gasteiger partial charge in [-0.05, 0) is 12.1 Å². The highest BCUT2D eigenvalue weighted by Crippen LogP contribution is 2.26. The second-order valence-electron chi connectivity index (χ2n) is 3.83. The monoisotopic (exact) mass is 190 g/mol. The topological polar surface area (TPSA) is 38.1 Å². The molecule has 0 bridgehead atoms. The third kappa shape index (κ3) is 1.16. The fourth-order valence-electron chi connectivity index (χ4n) is 1.73. The number of phenolic OH excluding ortho intramolecular Hbond substituents is 1. The standard InChI is InChI=1S/C11H14N2O/c1-7(2)11-12-10-8(13(11)3)5-4-6-9(10)14/h4-7,14H,1-3H3. The van der Waals surface area contributed by atoms with Crippen molar-refractivity contribution in [2.75, 3.05) is 0 Å². The van der Waals surface area contributed by atoms with Crippen LogP contribution in [-0.4, -0.2) is 14.7 Å². The Morgan fingerprint density at radius 1 is 1.36 bits per heavy atom. The van der Waals surface area contributed by atoms with Crippen molar-refractivity contribution < 1.29 is 5.11 Å². The fraction of sp³-hybridized carbons (Fsp3) is 0.364. The van der Waals surface area contributed by atoms with Gasteiger partial charge in [0.05, 0.1) is 5.52 Å². The third-order valence-electron chi connectivity index (χ3n) is 2.44. The van der Waals surface area contributed by atoms with Crippen molar-refractivity contribution in [3.8, 4) is 5.75 Å². The van der Waals surface area contributed by atoms with Gasteiger partial charge in [0.2, 0.25) is 0 Å². The average Bonchev–Trinajstić information content (AvgIpc) is 2.46. The van der Waals surface area contributed by atoms with Gasteiger partial charge in [-0.2, -0.15) is 0 Å². The Morgan fingerprint density at radius 3 is 2.64 bits per heavy atom. The largest absolute Gasteiger partial charge is 0.506 e. The third-order valence-corrected chi connectivity index (χ3v) is 2.44. The number of phenols is 1. The van der Waals surface area contributed by atoms with E-state index in [0.29, 0.717) is 11.4 Å². The number of nitrogens with zero attached hydrogens (tertiary/aromatic N) is 2. The number of benzene rings is 1. The molecular weight excluding hydrogens is 176 g/mol. The molecule has 2 aromatic rings. The van der Waals surface area contributed by atoms with Crippen LogP contribution in [-0.2, 0) is 7.05 Å². The summed E-state index contributed by atoms with van der Waals surface area (Å²) in [6.45, 7) is 4.19. The van der Waals surface area contributed by atoms with Crippen LogP contribution in [0.5, 0.6) is 5.75 Å². The molecule has 0 amide bonds. The first kappa shape index (κ1) is 9.06. The summed E-state index contributed by atoms with van der Waals surface area (Å²) in [5.74, 6) is 1.62. The highest BCUT2D eigenvalue weighted by molar-refractivity contribution is 5.82. The van der Waals surface area contributed by atoms with Gasteiger partial charge in [0.15, 0.2) is 0 Å². The van der Waals surface area contributed by atoms with Crippen LogP contribution in [0.4, 0.5) is 0 Å². The van der Waals surface area contributed by atoms with Crippen LogP contribution in [0.15, 0.2) is 18.2 Å². The maximum absolute atomic E-state index is 9.61. The van der Waals surface area contributed by atoms with E-state index in [0.717, 1.165) is 11.3 Å². The zero-order valence-electron chi connectivity index (χ0n) is 8.65. The number of aromatic hydroxyl groups is 1. The summed E-state index contributed by atoms with van der Waals surface area (Å²) in [6, 6.07) is 5.47. The first-order valence-electron chi connectivity index (χ1n) is 4.75. The quantitative estimate of drug-likeness (QED) is 0.749. The van der Waals surface area contributed by atoms with Gasteiger partial charge in [-0.25, -0.2) is 4.98 Å². The van der Waals surface area contributed by atoms with E-state index in [-0.39, 0.29) is 5.75 Å². The van der Waals surface area contributed by atoms with Crippen molar-refractivity contribution in [3.63, 3.8) is 0 Å². The van der Waals surface area contributed by atoms with Gasteiger partial charge in [0.25, 0.3) is 0 Å². The predicted molar refractivity (Wildman–Crippen MR) is 56.5 cm³/mol. The van der Waals surface area contributed by atoms with Crippen LogP contribution in [0.25, 0.3) is 11.0 Å². The smallest absolute Gasteiger partial charge is 0.143 e. The van der Waals surface area contributed by atoms with E-state index < -0.39 is 0 Å². The molecule has 1 heterocycles. The lowest BCUT2D eigenvalue weighted by molar-refractivity contribution is 0.480. The summed E-state index contributed by atoms with van der Waals surface area (Å²) >= 11 is 0. The molecule has 1 aromatic heterocycles. The van der Waals surface area contributed by atoms with Crippen molar-refractivity contribution in [2.45, 2.75) is 19.8 Å². The van der Waals surface area contributed by atoms with Gasteiger partial charge in [0, 0.05) is 13.0 Å². The van der Waals surface area contributed by atoms with Gasteiger partial charge >= 0.3 is 0 Å². The normalized spacial score (nSPS) is 11.4. The van der Waals surface area contributed by atoms with Crippen LogP contribution in [0.2, 0.25) is 0 Å². The number of rotatable bonds is 1. The number of aromatic nitrogens is 2. The Hall–Kier alpha value is -1.51. The van der Waals surface area contributed by atoms with Crippen LogP contribution in [0.1, 0.15) is 25.6 Å². The molecule has 0 atom stereocenters. The molecule has 74 valence electrons. The molecule has 0 saturated carbocycles. The second kappa shape index (κ2) is 3.01. The molecular formula is C11H14N2O. The minimum absolute atomic E-state index is 0.255. The number of aryl methyl sites for hydroxylation is 1. The Kier molecular flexibility index (Phi) is 1.95. The molecule has 3 nitrogen and oxygen atoms in total. The molecule has 0 radical (unpaired) electrons. The van der Waals surface area contributed by atoms with Gasteiger partial charge in [-0.15, -0.1) is 0 Å². The second-order valence-corrected chi connectivity index (χ2v) is 3.83. The zero-order valence-corrected chi connectivity index (χ0v) is 8.65. The van der Waals surface area contributed by atoms with E-state index in [9.17, 15) is 5.11 Å². The Balaban J connectivity index is 2.80. The molecule has 3 heteroatoms. The summed E-state index contributed by atoms with van der Waals surface area (Å²) in [5.41, 5.74) is 1.67. The maximum atomic E-state index is 9.61. The van der Waals surface area contributed by atoms with Crippen LogP contribution < -0.4 is 0 Å². The van der Waals surface area contributed by atoms with Gasteiger partial charge in [-0.1, -0.05) is 19.9 Å². The summed E-state index contributed by atoms with van der Waals surface area (Å²) in [5, 5.41) is 9.61. The summed E-state index contributed by atoms with van der Waals surface area (Å²) < 4.78 is 2.03. The van der Waals surface area contributed by atoms with Crippen molar-refractivity contribution in [3.05, 3.63) is 24.0 Å². The molecule has 2 rings (SSSR count). The van der Waals surface area contributed by atoms with E-state index in [4.69, 9.17) is 0 Å². The Bertz CT molecular complexity index is 471. The van der Waals surface area contributed by atoms with Crippen molar-refractivity contribution >= 4 is 11.0 Å². The summed E-state index contributed by atoms with van der Waals surface area (Å²) in [6.07, 6.45) is 0. The lowest BCUT2D eigenvalue weighted by Gasteiger charge is -2.04. The van der Waals surface area contributed by atoms with Crippen molar-refractivity contribution in [1.29, 1.82) is 0 Å². The molecule has 0 saturated heterocycles. The van der Waals surface area contributed by atoms with Gasteiger partial charge < -0.3 is 9.67 Å². The van der Waals surface area contributed by atoms with E-state index in [1.165, 1.54) is 0 Å². The van der Waals surface area contributed by atoms with Gasteiger partial charge in [-0.3, -0.25) is 0 Å². The van der Waals surface area contributed by atoms with E-state index >= 15 is 0 Å². The molecule has 0 unspecified atom stereocenters. The lowest BCUT2D eigenvalue weighted by atomic mass is 10.2. The summed E-state index contributed by atoms with van der Waals surface area (Å²) in [7, 11) is 1.98. The average molecular weight is 190 g/mol. The van der Waals surface area contributed by atoms with E-state index in [1.54, 1.807) is 6.07 Å². The van der Waals surface area contributed by atoms with E-state index in [1.807, 2.05) is 23.7 Å². The molecule has 0 aliphatic rings. The van der Waals surface area contributed by atoms with Crippen LogP contribution >= 0.6 is 0 Å². The van der Waals surface area contributed by atoms with Crippen LogP contribution in [0.3, 0.4) is 0 Å². The molecule has 1 N–H and O–H groups in total. The molecule has 0 aliphatic heterocycles. The lowest BCUT2D eigenvalue weighted by Crippen LogP contribution is -1.99. The molecule has 0 spiro atoms. The minimum atomic E-state index is 0.255. The molecule has 14 heavy (non-hydrogen) atoms. The number of fused-ring (bicyclic) bond motifs is 1. The Labute approximate surface area is 83.0 Å². The van der Waals surface area contributed by atoms with Crippen molar-refractivity contribution in [1.82, 2.24) is 9.55 Å². The summed E-state index contributed by atoms with van der Waals surface area (Å²) in [4.78, 5) is 4.42. The number of hydrogen-bond acceptors (Lipinski definition) is 2. The minimum Gasteiger partial charge on any atom is -0.506 e. The molecule has 0 aliphatic carbocycles. The maximum Gasteiger partial charge on any atom is 0.143 e. The fourth-order valence-corrected chi connectivity index (χ4v) is 1.73. The van der Waals surface area contributed by atoms with E-state index in [2.05, 4.69) is 18.8 Å². The Morgan fingerprint density at radius 2 is 2.07 bits per heavy atom. The molecule has 1 aromatic carbocycles. The number of para-hydroxylation sites is 1. The van der Waals surface area contributed by atoms with Crippen LogP contribution in [0, 0.1) is 0 Å². The number of imidazole rings is 1. The molecule has 0 fully saturated rings. The first-order valence-corrected chi connectivity index (χ1v) is 4.75. The number of hydrogen-bond donors (Lipinski definition) is 1. The first-order chi connectivity index (χ1) is 6.61. The zero-order chi connectivity index (χ0) is 10.3. The highest BCUT2D eigenvalue weighted by Gasteiger charge is 2.12. The SMILES string of the molecule is CC(C)c1nc2c(O)cccc2n1C. The predicted octanol–water partition coefficient (Wildman–Crippen LogP) is 2.40. The van der Waals surface area contributed by atoms with Gasteiger partial charge in [0.1, 0.15) is 17.1 Å².